The zero-order valence-electron chi connectivity index (χ0n) is 20.8. The molecule has 0 bridgehead atoms. The van der Waals surface area contributed by atoms with Crippen LogP contribution in [0.4, 0.5) is 10.1 Å². The van der Waals surface area contributed by atoms with Crippen LogP contribution < -0.4 is 10.2 Å². The maximum absolute atomic E-state index is 13.4. The Morgan fingerprint density at radius 3 is 2.45 bits per heavy atom. The Kier molecular flexibility index (Phi) is 11.1. The molecule has 1 aliphatic carbocycles. The van der Waals surface area contributed by atoms with Crippen LogP contribution in [-0.4, -0.2) is 77.1 Å². The lowest BCUT2D eigenvalue weighted by Crippen LogP contribution is -2.46. The van der Waals surface area contributed by atoms with Crippen molar-refractivity contribution in [3.63, 3.8) is 0 Å². The van der Waals surface area contributed by atoms with E-state index < -0.39 is 11.9 Å². The van der Waals surface area contributed by atoms with Gasteiger partial charge in [0.05, 0.1) is 11.3 Å². The van der Waals surface area contributed by atoms with Crippen molar-refractivity contribution in [2.24, 2.45) is 0 Å². The van der Waals surface area contributed by atoms with Gasteiger partial charge in [-0.1, -0.05) is 24.4 Å². The average molecular weight is 560 g/mol. The van der Waals surface area contributed by atoms with Crippen molar-refractivity contribution in [3.8, 4) is 0 Å². The fourth-order valence-corrected chi connectivity index (χ4v) is 5.34. The topological polar surface area (TPSA) is 110 Å². The number of anilines is 1. The number of piperazine rings is 1. The fourth-order valence-electron chi connectivity index (χ4n) is 4.09. The summed E-state index contributed by atoms with van der Waals surface area (Å²) >= 11 is 6.86. The number of amides is 1. The minimum absolute atomic E-state index is 0.0548. The Morgan fingerprint density at radius 2 is 1.79 bits per heavy atom. The van der Waals surface area contributed by atoms with Crippen LogP contribution in [0, 0.1) is 5.82 Å². The second kappa shape index (κ2) is 14.5. The van der Waals surface area contributed by atoms with Crippen LogP contribution >= 0.6 is 23.6 Å². The van der Waals surface area contributed by atoms with Gasteiger partial charge in [0.1, 0.15) is 5.82 Å². The van der Waals surface area contributed by atoms with E-state index in [0.717, 1.165) is 60.5 Å². The molecule has 2 heterocycles. The maximum atomic E-state index is 13.4. The van der Waals surface area contributed by atoms with Crippen molar-refractivity contribution in [2.75, 3.05) is 44.2 Å². The van der Waals surface area contributed by atoms with E-state index in [4.69, 9.17) is 22.4 Å². The molecule has 0 radical (unpaired) electrons. The number of thiocarbonyl (C=S) groups is 1. The van der Waals surface area contributed by atoms with E-state index in [9.17, 15) is 18.8 Å². The molecular weight excluding hydrogens is 529 g/mol. The summed E-state index contributed by atoms with van der Waals surface area (Å²) in [5, 5.41) is 21.9. The number of carbonyl (C=O) groups is 3. The average Bonchev–Trinajstić information content (AvgIpc) is 3.31. The highest BCUT2D eigenvalue weighted by atomic mass is 32.1. The van der Waals surface area contributed by atoms with Gasteiger partial charge in [0.2, 0.25) is 0 Å². The highest BCUT2D eigenvalue weighted by molar-refractivity contribution is 7.81. The van der Waals surface area contributed by atoms with Gasteiger partial charge in [-0.05, 0) is 43.7 Å². The molecule has 1 aliphatic heterocycles. The first-order chi connectivity index (χ1) is 18.2. The zero-order chi connectivity index (χ0) is 27.5. The van der Waals surface area contributed by atoms with Crippen molar-refractivity contribution >= 4 is 62.0 Å². The molecule has 1 fully saturated rings. The number of carboxylic acids is 2. The van der Waals surface area contributed by atoms with Gasteiger partial charge in [-0.25, -0.2) is 14.0 Å². The lowest BCUT2D eigenvalue weighted by atomic mass is 10.0. The molecular formula is C27H30FN3O5S2. The molecule has 11 heteroatoms. The molecule has 202 valence electrons. The Morgan fingerprint density at radius 1 is 1.08 bits per heavy atom. The van der Waals surface area contributed by atoms with E-state index >= 15 is 0 Å². The number of aliphatic carboxylic acids is 2. The second-order valence-corrected chi connectivity index (χ2v) is 10.1. The van der Waals surface area contributed by atoms with Gasteiger partial charge in [0.15, 0.2) is 0 Å². The standard InChI is InChI=1S/C23H26FN3OS2.C4H4O4/c24-17-7-8-18-20(16-30-22(18)15-17)27-13-11-26(12-14-27)10-4-3-9-25-23(28)19-5-1-2-6-21(19)29;5-3(6)1-2-4(7)8/h1-2,5,7-8,15-16H,3-4,6,9-14H2,(H,25,28);1-2H,(H,5,6)(H,7,8)/b;2-1-. The first kappa shape index (κ1) is 29.2. The molecule has 1 aromatic carbocycles. The number of hydrogen-bond donors (Lipinski definition) is 3. The van der Waals surface area contributed by atoms with Crippen molar-refractivity contribution in [1.29, 1.82) is 0 Å². The third-order valence-electron chi connectivity index (χ3n) is 6.03. The first-order valence-corrected chi connectivity index (χ1v) is 13.5. The normalized spacial score (nSPS) is 15.8. The van der Waals surface area contributed by atoms with Crippen molar-refractivity contribution < 1.29 is 29.0 Å². The van der Waals surface area contributed by atoms with Crippen LogP contribution in [0.5, 0.6) is 0 Å². The summed E-state index contributed by atoms with van der Waals surface area (Å²) < 4.78 is 14.4. The van der Waals surface area contributed by atoms with E-state index in [0.29, 0.717) is 30.7 Å². The SMILES string of the molecule is O=C(NCCCCN1CCN(c2csc3cc(F)ccc23)CC1)C1=CC=CCC1=S.O=C(O)/C=C\C(=O)O. The summed E-state index contributed by atoms with van der Waals surface area (Å²) in [7, 11) is 0. The lowest BCUT2D eigenvalue weighted by molar-refractivity contribution is -0.134. The number of rotatable bonds is 9. The molecule has 0 saturated carbocycles. The van der Waals surface area contributed by atoms with Crippen LogP contribution in [0.1, 0.15) is 19.3 Å². The number of carboxylic acid groups (broad SMARTS) is 2. The number of nitrogens with zero attached hydrogens (tertiary/aromatic N) is 2. The Hall–Kier alpha value is -3.41. The van der Waals surface area contributed by atoms with E-state index in [1.807, 2.05) is 18.2 Å². The summed E-state index contributed by atoms with van der Waals surface area (Å²) in [4.78, 5) is 36.9. The molecule has 0 unspecified atom stereocenters. The Balaban J connectivity index is 0.000000436. The van der Waals surface area contributed by atoms with Gasteiger partial charge in [-0.15, -0.1) is 11.3 Å². The minimum Gasteiger partial charge on any atom is -0.478 e. The van der Waals surface area contributed by atoms with Crippen LogP contribution in [0.15, 0.2) is 59.5 Å². The minimum atomic E-state index is -1.26. The summed E-state index contributed by atoms with van der Waals surface area (Å²) in [5.41, 5.74) is 1.86. The van der Waals surface area contributed by atoms with Gasteiger partial charge in [0, 0.05) is 71.6 Å². The number of unbranched alkanes of at least 4 members (excludes halogenated alkanes) is 1. The van der Waals surface area contributed by atoms with Crippen LogP contribution in [0.3, 0.4) is 0 Å². The third-order valence-corrected chi connectivity index (χ3v) is 7.35. The Labute approximate surface area is 229 Å². The summed E-state index contributed by atoms with van der Waals surface area (Å²) in [6, 6.07) is 5.06. The molecule has 2 aromatic rings. The molecule has 1 saturated heterocycles. The van der Waals surface area contributed by atoms with Crippen molar-refractivity contribution in [1.82, 2.24) is 10.2 Å². The first-order valence-electron chi connectivity index (χ1n) is 12.2. The van der Waals surface area contributed by atoms with Gasteiger partial charge in [-0.2, -0.15) is 0 Å². The van der Waals surface area contributed by atoms with Gasteiger partial charge in [0.25, 0.3) is 5.91 Å². The molecule has 38 heavy (non-hydrogen) atoms. The Bertz CT molecular complexity index is 1250. The number of allylic oxidation sites excluding steroid dienone is 3. The van der Waals surface area contributed by atoms with Gasteiger partial charge < -0.3 is 20.4 Å². The van der Waals surface area contributed by atoms with E-state index in [2.05, 4.69) is 20.5 Å². The molecule has 4 rings (SSSR count). The number of hydrogen-bond acceptors (Lipinski definition) is 7. The van der Waals surface area contributed by atoms with E-state index in [1.54, 1.807) is 29.5 Å². The van der Waals surface area contributed by atoms with E-state index in [1.165, 1.54) is 5.69 Å². The molecule has 8 nitrogen and oxygen atoms in total. The molecule has 1 amide bonds. The second-order valence-electron chi connectivity index (χ2n) is 8.70. The molecule has 0 atom stereocenters. The highest BCUT2D eigenvalue weighted by Crippen LogP contribution is 2.34. The molecule has 3 N–H and O–H groups in total. The monoisotopic (exact) mass is 559 g/mol. The van der Waals surface area contributed by atoms with Crippen LogP contribution in [0.2, 0.25) is 0 Å². The smallest absolute Gasteiger partial charge is 0.328 e. The fraction of sp³-hybridized carbons (Fsp3) is 0.333. The third kappa shape index (κ3) is 8.86. The summed E-state index contributed by atoms with van der Waals surface area (Å²) in [5.74, 6) is -2.74. The van der Waals surface area contributed by atoms with Crippen LogP contribution in [-0.2, 0) is 14.4 Å². The quantitative estimate of drug-likeness (QED) is 0.240. The largest absolute Gasteiger partial charge is 0.478 e. The number of benzene rings is 1. The number of halogens is 1. The molecule has 2 aliphatic rings. The summed E-state index contributed by atoms with van der Waals surface area (Å²) in [6.07, 6.45) is 9.48. The lowest BCUT2D eigenvalue weighted by Gasteiger charge is -2.35. The molecule has 0 spiro atoms. The number of nitrogens with one attached hydrogen (secondary N) is 1. The van der Waals surface area contributed by atoms with Crippen LogP contribution in [0.25, 0.3) is 10.1 Å². The molecule has 1 aromatic heterocycles. The van der Waals surface area contributed by atoms with E-state index in [-0.39, 0.29) is 11.7 Å². The maximum Gasteiger partial charge on any atom is 0.328 e. The van der Waals surface area contributed by atoms with Gasteiger partial charge in [-0.3, -0.25) is 9.69 Å². The number of thiophene rings is 1. The highest BCUT2D eigenvalue weighted by Gasteiger charge is 2.19. The predicted molar refractivity (Wildman–Crippen MR) is 152 cm³/mol. The number of carbonyl (C=O) groups excluding carboxylic acids is 1. The predicted octanol–water partition coefficient (Wildman–Crippen LogP) is 4.03. The number of fused-ring (bicyclic) bond motifs is 1. The van der Waals surface area contributed by atoms with Crippen molar-refractivity contribution in [3.05, 3.63) is 65.3 Å². The summed E-state index contributed by atoms with van der Waals surface area (Å²) in [6.45, 7) is 5.75. The van der Waals surface area contributed by atoms with Crippen molar-refractivity contribution in [2.45, 2.75) is 19.3 Å². The van der Waals surface area contributed by atoms with Gasteiger partial charge >= 0.3 is 11.9 Å². The zero-order valence-corrected chi connectivity index (χ0v) is 22.4.